The molecule has 0 bridgehead atoms. The maximum atomic E-state index is 4.83. The van der Waals surface area contributed by atoms with Crippen LogP contribution in [-0.4, -0.2) is 52.2 Å². The summed E-state index contributed by atoms with van der Waals surface area (Å²) in [6, 6.07) is 19.4. The van der Waals surface area contributed by atoms with E-state index in [0.717, 1.165) is 49.1 Å². The Balaban J connectivity index is 0.00000289. The number of guanidine groups is 1. The van der Waals surface area contributed by atoms with E-state index in [0.29, 0.717) is 12.6 Å². The third kappa shape index (κ3) is 6.52. The van der Waals surface area contributed by atoms with E-state index in [1.54, 1.807) is 0 Å². The van der Waals surface area contributed by atoms with Gasteiger partial charge in [0, 0.05) is 18.7 Å². The molecule has 1 unspecified atom stereocenters. The molecule has 0 radical (unpaired) electrons. The molecule has 3 aromatic rings. The minimum absolute atomic E-state index is 0. The van der Waals surface area contributed by atoms with Crippen molar-refractivity contribution < 1.29 is 0 Å². The summed E-state index contributed by atoms with van der Waals surface area (Å²) in [5, 5.41) is 13.8. The van der Waals surface area contributed by atoms with Crippen molar-refractivity contribution in [1.82, 2.24) is 30.7 Å². The average Bonchev–Trinajstić information content (AvgIpc) is 3.53. The minimum atomic E-state index is 0. The molecule has 1 fully saturated rings. The molecule has 1 atom stereocenters. The van der Waals surface area contributed by atoms with Gasteiger partial charge < -0.3 is 10.6 Å². The highest BCUT2D eigenvalue weighted by Crippen LogP contribution is 2.24. The lowest BCUT2D eigenvalue weighted by atomic mass is 10.1. The number of hydrogen-bond acceptors (Lipinski definition) is 4. The normalized spacial score (nSPS) is 15.2. The van der Waals surface area contributed by atoms with E-state index in [1.807, 2.05) is 12.1 Å². The standard InChI is InChI=1S/C24H31N7.HI/c1-2-25-24(26-16-19-9-8-12-21(15-19)23-28-18-29-30-23)27-17-22(31-13-6-7-14-31)20-10-4-3-5-11-20;/h3-5,8-12,15,18,22H,2,6-7,13-14,16-17H2,1H3,(H2,25,26,27)(H,28,29,30);1H. The molecule has 7 nitrogen and oxygen atoms in total. The number of hydrogen-bond donors (Lipinski definition) is 3. The van der Waals surface area contributed by atoms with Crippen molar-refractivity contribution in [3.8, 4) is 11.4 Å². The Morgan fingerprint density at radius 3 is 2.62 bits per heavy atom. The summed E-state index contributed by atoms with van der Waals surface area (Å²) in [4.78, 5) is 11.6. The Hall–Kier alpha value is -2.46. The number of nitrogens with zero attached hydrogens (tertiary/aromatic N) is 4. The third-order valence-electron chi connectivity index (χ3n) is 5.61. The first-order valence-electron chi connectivity index (χ1n) is 11.1. The van der Waals surface area contributed by atoms with Crippen molar-refractivity contribution in [1.29, 1.82) is 0 Å². The Kier molecular flexibility index (Phi) is 9.48. The number of aromatic nitrogens is 3. The molecule has 0 amide bonds. The molecule has 1 aliphatic rings. The first-order valence-corrected chi connectivity index (χ1v) is 11.1. The number of aromatic amines is 1. The molecule has 4 rings (SSSR count). The van der Waals surface area contributed by atoms with Crippen LogP contribution in [0.1, 0.15) is 36.9 Å². The summed E-state index contributed by atoms with van der Waals surface area (Å²) in [5.41, 5.74) is 3.50. The predicted molar refractivity (Wildman–Crippen MR) is 140 cm³/mol. The van der Waals surface area contributed by atoms with Gasteiger partial charge in [-0.1, -0.05) is 48.5 Å². The van der Waals surface area contributed by atoms with Gasteiger partial charge in [-0.05, 0) is 50.0 Å². The molecule has 3 N–H and O–H groups in total. The van der Waals surface area contributed by atoms with Gasteiger partial charge in [-0.15, -0.1) is 24.0 Å². The quantitative estimate of drug-likeness (QED) is 0.227. The second-order valence-corrected chi connectivity index (χ2v) is 7.78. The molecule has 0 aliphatic carbocycles. The van der Waals surface area contributed by atoms with Crippen LogP contribution >= 0.6 is 24.0 Å². The summed E-state index contributed by atoms with van der Waals surface area (Å²) >= 11 is 0. The molecule has 2 heterocycles. The molecule has 0 saturated carbocycles. The van der Waals surface area contributed by atoms with Gasteiger partial charge in [-0.25, -0.2) is 9.98 Å². The maximum absolute atomic E-state index is 4.83. The summed E-state index contributed by atoms with van der Waals surface area (Å²) < 4.78 is 0. The van der Waals surface area contributed by atoms with Crippen molar-refractivity contribution in [2.45, 2.75) is 32.4 Å². The van der Waals surface area contributed by atoms with Crippen LogP contribution in [0.4, 0.5) is 0 Å². The summed E-state index contributed by atoms with van der Waals surface area (Å²) in [6.07, 6.45) is 4.08. The molecule has 0 spiro atoms. The van der Waals surface area contributed by atoms with Crippen LogP contribution in [0, 0.1) is 0 Å². The topological polar surface area (TPSA) is 81.2 Å². The Morgan fingerprint density at radius 2 is 1.91 bits per heavy atom. The molecular formula is C24H32IN7. The zero-order chi connectivity index (χ0) is 21.3. The first-order chi connectivity index (χ1) is 15.3. The number of benzene rings is 2. The van der Waals surface area contributed by atoms with Gasteiger partial charge in [0.05, 0.1) is 12.6 Å². The largest absolute Gasteiger partial charge is 0.357 e. The lowest BCUT2D eigenvalue weighted by molar-refractivity contribution is 0.245. The van der Waals surface area contributed by atoms with E-state index in [2.05, 4.69) is 80.1 Å². The van der Waals surface area contributed by atoms with E-state index < -0.39 is 0 Å². The van der Waals surface area contributed by atoms with Crippen LogP contribution in [-0.2, 0) is 6.54 Å². The zero-order valence-corrected chi connectivity index (χ0v) is 20.8. The van der Waals surface area contributed by atoms with Crippen molar-refractivity contribution in [3.63, 3.8) is 0 Å². The van der Waals surface area contributed by atoms with Crippen LogP contribution in [0.15, 0.2) is 65.9 Å². The van der Waals surface area contributed by atoms with Gasteiger partial charge in [-0.3, -0.25) is 10.00 Å². The second-order valence-electron chi connectivity index (χ2n) is 7.78. The van der Waals surface area contributed by atoms with Gasteiger partial charge in [-0.2, -0.15) is 5.10 Å². The van der Waals surface area contributed by atoms with E-state index in [1.165, 1.54) is 24.7 Å². The fraction of sp³-hybridized carbons (Fsp3) is 0.375. The highest BCUT2D eigenvalue weighted by Gasteiger charge is 2.23. The highest BCUT2D eigenvalue weighted by molar-refractivity contribution is 14.0. The van der Waals surface area contributed by atoms with Crippen molar-refractivity contribution in [2.24, 2.45) is 4.99 Å². The molecule has 170 valence electrons. The van der Waals surface area contributed by atoms with Crippen molar-refractivity contribution in [3.05, 3.63) is 72.1 Å². The molecule has 2 aromatic carbocycles. The second kappa shape index (κ2) is 12.5. The van der Waals surface area contributed by atoms with Crippen LogP contribution in [0.3, 0.4) is 0 Å². The fourth-order valence-electron chi connectivity index (χ4n) is 4.05. The fourth-order valence-corrected chi connectivity index (χ4v) is 4.05. The van der Waals surface area contributed by atoms with Gasteiger partial charge in [0.25, 0.3) is 0 Å². The molecule has 1 aliphatic heterocycles. The van der Waals surface area contributed by atoms with E-state index in [4.69, 9.17) is 4.99 Å². The number of aliphatic imine (C=N–C) groups is 1. The number of rotatable bonds is 8. The van der Waals surface area contributed by atoms with Gasteiger partial charge in [0.15, 0.2) is 11.8 Å². The van der Waals surface area contributed by atoms with E-state index in [-0.39, 0.29) is 24.0 Å². The van der Waals surface area contributed by atoms with Gasteiger partial charge in [0.1, 0.15) is 6.33 Å². The van der Waals surface area contributed by atoms with Crippen LogP contribution in [0.25, 0.3) is 11.4 Å². The number of likely N-dealkylation sites (tertiary alicyclic amines) is 1. The number of H-pyrrole nitrogens is 1. The minimum Gasteiger partial charge on any atom is -0.357 e. The van der Waals surface area contributed by atoms with E-state index in [9.17, 15) is 0 Å². The van der Waals surface area contributed by atoms with E-state index >= 15 is 0 Å². The maximum Gasteiger partial charge on any atom is 0.191 e. The van der Waals surface area contributed by atoms with Gasteiger partial charge >= 0.3 is 0 Å². The monoisotopic (exact) mass is 545 g/mol. The summed E-state index contributed by atoms with van der Waals surface area (Å²) in [7, 11) is 0. The lowest BCUT2D eigenvalue weighted by Crippen LogP contribution is -2.42. The molecule has 1 aromatic heterocycles. The SMILES string of the molecule is CCNC(=NCc1cccc(-c2ncn[nH]2)c1)NCC(c1ccccc1)N1CCCC1.I. The Labute approximate surface area is 207 Å². The Morgan fingerprint density at radius 1 is 1.09 bits per heavy atom. The predicted octanol–water partition coefficient (Wildman–Crippen LogP) is 3.98. The molecular weight excluding hydrogens is 513 g/mol. The lowest BCUT2D eigenvalue weighted by Gasteiger charge is -2.29. The summed E-state index contributed by atoms with van der Waals surface area (Å²) in [5.74, 6) is 1.61. The molecule has 8 heteroatoms. The zero-order valence-electron chi connectivity index (χ0n) is 18.5. The average molecular weight is 545 g/mol. The third-order valence-corrected chi connectivity index (χ3v) is 5.61. The van der Waals surface area contributed by atoms with Crippen LogP contribution in [0.2, 0.25) is 0 Å². The molecule has 32 heavy (non-hydrogen) atoms. The van der Waals surface area contributed by atoms with Crippen LogP contribution < -0.4 is 10.6 Å². The highest BCUT2D eigenvalue weighted by atomic mass is 127. The van der Waals surface area contributed by atoms with Crippen LogP contribution in [0.5, 0.6) is 0 Å². The molecule has 1 saturated heterocycles. The Bertz CT molecular complexity index is 953. The smallest absolute Gasteiger partial charge is 0.191 e. The first kappa shape index (κ1) is 24.2. The summed E-state index contributed by atoms with van der Waals surface area (Å²) in [6.45, 7) is 6.65. The van der Waals surface area contributed by atoms with Gasteiger partial charge in [0.2, 0.25) is 0 Å². The number of nitrogens with one attached hydrogen (secondary N) is 3. The van der Waals surface area contributed by atoms with Crippen molar-refractivity contribution in [2.75, 3.05) is 26.2 Å². The van der Waals surface area contributed by atoms with Crippen molar-refractivity contribution >= 4 is 29.9 Å². The number of halogens is 1.